The molecule has 0 N–H and O–H groups in total. The number of esters is 1. The summed E-state index contributed by atoms with van der Waals surface area (Å²) >= 11 is 0. The van der Waals surface area contributed by atoms with Crippen LogP contribution in [0, 0.1) is 13.8 Å². The molecular formula is C23H25N3O2. The first-order valence-corrected chi connectivity index (χ1v) is 9.59. The molecule has 2 aromatic carbocycles. The predicted molar refractivity (Wildman–Crippen MR) is 108 cm³/mol. The highest BCUT2D eigenvalue weighted by molar-refractivity contribution is 5.78. The van der Waals surface area contributed by atoms with Gasteiger partial charge in [0, 0.05) is 18.8 Å². The van der Waals surface area contributed by atoms with Crippen LogP contribution >= 0.6 is 0 Å². The molecule has 144 valence electrons. The molecule has 1 atom stereocenters. The largest absolute Gasteiger partial charge is 0.468 e. The lowest BCUT2D eigenvalue weighted by atomic mass is 9.92. The van der Waals surface area contributed by atoms with Gasteiger partial charge in [-0.2, -0.15) is 5.10 Å². The van der Waals surface area contributed by atoms with Gasteiger partial charge < -0.3 is 4.74 Å². The number of methoxy groups -OCH3 is 1. The summed E-state index contributed by atoms with van der Waals surface area (Å²) in [6.07, 6.45) is 0.938. The Morgan fingerprint density at radius 3 is 2.57 bits per heavy atom. The molecule has 1 aromatic heterocycles. The van der Waals surface area contributed by atoms with Crippen molar-refractivity contribution in [3.8, 4) is 5.69 Å². The van der Waals surface area contributed by atoms with E-state index in [4.69, 9.17) is 4.74 Å². The second-order valence-corrected chi connectivity index (χ2v) is 7.35. The Balaban J connectivity index is 1.58. The van der Waals surface area contributed by atoms with Gasteiger partial charge in [-0.1, -0.05) is 36.4 Å². The minimum absolute atomic E-state index is 0.202. The summed E-state index contributed by atoms with van der Waals surface area (Å²) in [5, 5.41) is 4.54. The molecule has 2 heterocycles. The summed E-state index contributed by atoms with van der Waals surface area (Å²) in [5.41, 5.74) is 6.62. The molecule has 0 aliphatic carbocycles. The van der Waals surface area contributed by atoms with E-state index in [0.717, 1.165) is 35.6 Å². The summed E-state index contributed by atoms with van der Waals surface area (Å²) in [6.45, 7) is 5.58. The number of nitrogens with zero attached hydrogens (tertiary/aromatic N) is 3. The van der Waals surface area contributed by atoms with Crippen LogP contribution in [0.1, 0.15) is 34.1 Å². The van der Waals surface area contributed by atoms with Crippen LogP contribution in [0.15, 0.2) is 54.6 Å². The number of ether oxygens (including phenoxy) is 1. The zero-order valence-corrected chi connectivity index (χ0v) is 16.6. The van der Waals surface area contributed by atoms with E-state index in [1.807, 2.05) is 29.8 Å². The van der Waals surface area contributed by atoms with E-state index in [1.165, 1.54) is 18.2 Å². The Kier molecular flexibility index (Phi) is 5.01. The Morgan fingerprint density at radius 2 is 1.89 bits per heavy atom. The van der Waals surface area contributed by atoms with Crippen molar-refractivity contribution >= 4 is 5.97 Å². The van der Waals surface area contributed by atoms with E-state index in [-0.39, 0.29) is 12.0 Å². The van der Waals surface area contributed by atoms with Gasteiger partial charge in [-0.25, -0.2) is 9.48 Å². The van der Waals surface area contributed by atoms with E-state index in [0.29, 0.717) is 6.54 Å². The fourth-order valence-electron chi connectivity index (χ4n) is 4.04. The van der Waals surface area contributed by atoms with Crippen molar-refractivity contribution in [2.75, 3.05) is 13.7 Å². The molecule has 0 spiro atoms. The van der Waals surface area contributed by atoms with Crippen molar-refractivity contribution in [1.82, 2.24) is 14.7 Å². The fraction of sp³-hybridized carbons (Fsp3) is 0.304. The quantitative estimate of drug-likeness (QED) is 0.652. The number of aryl methyl sites for hydroxylation is 2. The lowest BCUT2D eigenvalue weighted by molar-refractivity contribution is -0.148. The first-order chi connectivity index (χ1) is 13.6. The molecule has 5 heteroatoms. The minimum atomic E-state index is -0.356. The lowest BCUT2D eigenvalue weighted by Crippen LogP contribution is -2.39. The van der Waals surface area contributed by atoms with Crippen molar-refractivity contribution in [3.05, 3.63) is 82.7 Å². The van der Waals surface area contributed by atoms with Crippen LogP contribution in [0.25, 0.3) is 5.69 Å². The maximum Gasteiger partial charge on any atom is 0.327 e. The van der Waals surface area contributed by atoms with Crippen LogP contribution in [0.3, 0.4) is 0 Å². The summed E-state index contributed by atoms with van der Waals surface area (Å²) in [5.74, 6) is -0.202. The monoisotopic (exact) mass is 375 g/mol. The summed E-state index contributed by atoms with van der Waals surface area (Å²) in [6, 6.07) is 18.3. The molecule has 5 nitrogen and oxygen atoms in total. The van der Waals surface area contributed by atoms with Crippen molar-refractivity contribution < 1.29 is 9.53 Å². The Hall–Kier alpha value is -2.92. The molecule has 0 saturated heterocycles. The predicted octanol–water partition coefficient (Wildman–Crippen LogP) is 3.76. The standard InChI is InChI=1S/C23H25N3O2/c1-16-14-17(2)26(24-16)20-10-8-18(9-11-20)15-25-13-12-19-6-4-5-7-21(19)22(25)23(27)28-3/h4-11,14,22H,12-13,15H2,1-3H3. The topological polar surface area (TPSA) is 47.4 Å². The van der Waals surface area contributed by atoms with E-state index in [9.17, 15) is 4.79 Å². The van der Waals surface area contributed by atoms with Gasteiger partial charge in [0.1, 0.15) is 6.04 Å². The molecule has 0 bridgehead atoms. The van der Waals surface area contributed by atoms with E-state index >= 15 is 0 Å². The highest BCUT2D eigenvalue weighted by Crippen LogP contribution is 2.32. The van der Waals surface area contributed by atoms with Gasteiger partial charge in [0.15, 0.2) is 0 Å². The van der Waals surface area contributed by atoms with Gasteiger partial charge in [-0.15, -0.1) is 0 Å². The number of hydrogen-bond acceptors (Lipinski definition) is 4. The van der Waals surface area contributed by atoms with Crippen molar-refractivity contribution in [1.29, 1.82) is 0 Å². The van der Waals surface area contributed by atoms with Gasteiger partial charge in [-0.3, -0.25) is 4.90 Å². The number of benzene rings is 2. The molecule has 1 aliphatic heterocycles. The molecule has 3 aromatic rings. The second-order valence-electron chi connectivity index (χ2n) is 7.35. The first kappa shape index (κ1) is 18.4. The van der Waals surface area contributed by atoms with Crippen LogP contribution in [0.4, 0.5) is 0 Å². The maximum atomic E-state index is 12.5. The zero-order chi connectivity index (χ0) is 19.7. The minimum Gasteiger partial charge on any atom is -0.468 e. The van der Waals surface area contributed by atoms with Gasteiger partial charge in [0.25, 0.3) is 0 Å². The number of carbonyl (C=O) groups is 1. The summed E-state index contributed by atoms with van der Waals surface area (Å²) in [7, 11) is 1.46. The smallest absolute Gasteiger partial charge is 0.327 e. The number of carbonyl (C=O) groups excluding carboxylic acids is 1. The van der Waals surface area contributed by atoms with Crippen LogP contribution in [-0.2, 0) is 22.5 Å². The molecule has 1 unspecified atom stereocenters. The molecule has 0 amide bonds. The average Bonchev–Trinajstić information content (AvgIpc) is 3.06. The van der Waals surface area contributed by atoms with Crippen LogP contribution in [0.5, 0.6) is 0 Å². The SMILES string of the molecule is COC(=O)C1c2ccccc2CCN1Cc1ccc(-n2nc(C)cc2C)cc1. The Labute approximate surface area is 165 Å². The van der Waals surface area contributed by atoms with Crippen molar-refractivity contribution in [2.45, 2.75) is 32.9 Å². The second kappa shape index (κ2) is 7.60. The Bertz CT molecular complexity index is 991. The highest BCUT2D eigenvalue weighted by Gasteiger charge is 2.33. The Morgan fingerprint density at radius 1 is 1.14 bits per heavy atom. The van der Waals surface area contributed by atoms with Crippen LogP contribution in [-0.4, -0.2) is 34.3 Å². The number of aromatic nitrogens is 2. The van der Waals surface area contributed by atoms with Gasteiger partial charge in [-0.05, 0) is 55.2 Å². The third-order valence-corrected chi connectivity index (χ3v) is 5.38. The molecule has 4 rings (SSSR count). The molecule has 28 heavy (non-hydrogen) atoms. The van der Waals surface area contributed by atoms with Gasteiger partial charge in [0.2, 0.25) is 0 Å². The highest BCUT2D eigenvalue weighted by atomic mass is 16.5. The fourth-order valence-corrected chi connectivity index (χ4v) is 4.04. The number of hydrogen-bond donors (Lipinski definition) is 0. The summed E-state index contributed by atoms with van der Waals surface area (Å²) < 4.78 is 7.07. The van der Waals surface area contributed by atoms with Gasteiger partial charge >= 0.3 is 5.97 Å². The zero-order valence-electron chi connectivity index (χ0n) is 16.6. The number of fused-ring (bicyclic) bond motifs is 1. The third-order valence-electron chi connectivity index (χ3n) is 5.38. The molecule has 1 aliphatic rings. The maximum absolute atomic E-state index is 12.5. The number of rotatable bonds is 4. The normalized spacial score (nSPS) is 16.6. The summed E-state index contributed by atoms with van der Waals surface area (Å²) in [4.78, 5) is 14.7. The molecule has 0 saturated carbocycles. The molecule has 0 radical (unpaired) electrons. The van der Waals surface area contributed by atoms with Crippen molar-refractivity contribution in [3.63, 3.8) is 0 Å². The molecular weight excluding hydrogens is 350 g/mol. The van der Waals surface area contributed by atoms with Gasteiger partial charge in [0.05, 0.1) is 18.5 Å². The third kappa shape index (κ3) is 3.45. The van der Waals surface area contributed by atoms with Crippen LogP contribution < -0.4 is 0 Å². The van der Waals surface area contributed by atoms with E-state index in [1.54, 1.807) is 0 Å². The van der Waals surface area contributed by atoms with Crippen molar-refractivity contribution in [2.24, 2.45) is 0 Å². The molecule has 0 fully saturated rings. The van der Waals surface area contributed by atoms with E-state index < -0.39 is 0 Å². The first-order valence-electron chi connectivity index (χ1n) is 9.59. The average molecular weight is 375 g/mol. The lowest BCUT2D eigenvalue weighted by Gasteiger charge is -2.35. The van der Waals surface area contributed by atoms with E-state index in [2.05, 4.69) is 53.3 Å². The van der Waals surface area contributed by atoms with Crippen LogP contribution in [0.2, 0.25) is 0 Å².